The minimum absolute atomic E-state index is 0.00679. The minimum Gasteiger partial charge on any atom is -0.481 e. The summed E-state index contributed by atoms with van der Waals surface area (Å²) in [6.45, 7) is 8.05. The lowest BCUT2D eigenvalue weighted by molar-refractivity contribution is -0.438. The van der Waals surface area contributed by atoms with E-state index in [9.17, 15) is 64.6 Å². The molecule has 0 saturated carbocycles. The number of anilines is 1. The first-order valence-corrected chi connectivity index (χ1v) is 33.4. The van der Waals surface area contributed by atoms with Crippen molar-refractivity contribution in [2.24, 2.45) is 5.73 Å². The number of nitrogens with two attached hydrogens (primary N) is 1. The highest BCUT2D eigenvalue weighted by Crippen LogP contribution is 2.45. The minimum atomic E-state index is -4.53. The Balaban J connectivity index is 0.995. The Morgan fingerprint density at radius 2 is 1.34 bits per heavy atom. The zero-order chi connectivity index (χ0) is 66.4. The van der Waals surface area contributed by atoms with Crippen molar-refractivity contribution in [3.63, 3.8) is 0 Å². The van der Waals surface area contributed by atoms with E-state index >= 15 is 0 Å². The number of carbonyl (C=O) groups is 7. The summed E-state index contributed by atoms with van der Waals surface area (Å²) in [6.07, 6.45) is 12.0. The van der Waals surface area contributed by atoms with Gasteiger partial charge in [0.1, 0.15) is 30.7 Å². The van der Waals surface area contributed by atoms with Crippen LogP contribution in [0, 0.1) is 5.41 Å². The first-order chi connectivity index (χ1) is 42.9. The molecular weight excluding hydrogens is 1230 g/mol. The summed E-state index contributed by atoms with van der Waals surface area (Å²) < 4.78 is 70.5. The maximum atomic E-state index is 14.2. The summed E-state index contributed by atoms with van der Waals surface area (Å²) >= 11 is 7.16. The average molecular weight is 1320 g/mol. The molecule has 3 aromatic carbocycles. The standard InChI is InChI=1S/C63H80ClN11O14S2/c1-62(2)43-34-41(90(84,85)86)24-26-45(43)70-51(62)28-22-39-17-13-18-40(56(39)64)23-29-52-63(3,4)44-35-42(91(87,88)89)25-27-50(44)75(52)32-12-6-9-21-53(76)67-30-11-10-19-47-58(81)72-46(20-14-31-68-61(65)66)57(80)69-37-54(77)71-49(36-55(78)79)60(83)74-48(59(82)73-47)33-38-15-7-5-8-16-38/h5,7-8,15-16,22-29,34-35,46-49H,6,9-14,17-21,30-33,36-37H2,1-4H3,(H13,65,66,67,68,69,71,72,73,74,76,77,78,79,80,81,82,83,84,85,86,87,88,89)/p+1/t46-,47?,48+,49-/m0/s1. The third kappa shape index (κ3) is 18.9. The van der Waals surface area contributed by atoms with Crippen LogP contribution in [0.1, 0.15) is 128 Å². The van der Waals surface area contributed by atoms with Crippen LogP contribution >= 0.6 is 11.6 Å². The number of unbranched alkanes of at least 4 members (excludes halogenated alkanes) is 3. The van der Waals surface area contributed by atoms with Gasteiger partial charge in [-0.25, -0.2) is 0 Å². The smallest absolute Gasteiger partial charge is 0.305 e. The number of halogens is 1. The molecule has 6 amide bonds. The molecule has 1 aliphatic carbocycles. The third-order valence-electron chi connectivity index (χ3n) is 16.6. The summed E-state index contributed by atoms with van der Waals surface area (Å²) in [5, 5.41) is 39.3. The van der Waals surface area contributed by atoms with Crippen LogP contribution in [0.2, 0.25) is 0 Å². The monoisotopic (exact) mass is 1310 g/mol. The SMILES string of the molecule is CC1(C)C(/C=C/C2=C(Cl)C(=C/C=C3/Nc4ccc(S(=O)(=O)O)cc4C3(C)C)/CCC2)=[N+](CCCCCC(=O)NCCCCC2NC(=O)[C@@H](Cc3ccccc3)NC(=O)[C@H](CC(=O)O)NC(=O)CNC(=O)[C@H](CCCNC(=N)N)NC2=O)c2ccc(S(=O)(=O)O)cc21. The fourth-order valence-electron chi connectivity index (χ4n) is 11.5. The van der Waals surface area contributed by atoms with Gasteiger partial charge in [0.2, 0.25) is 41.1 Å². The number of carbonyl (C=O) groups excluding carboxylic acids is 6. The number of aliphatic carboxylic acids is 1. The fourth-order valence-corrected chi connectivity index (χ4v) is 12.8. The molecule has 25 nitrogen and oxygen atoms in total. The summed E-state index contributed by atoms with van der Waals surface area (Å²) in [7, 11) is -8.93. The highest BCUT2D eigenvalue weighted by atomic mass is 35.5. The molecule has 4 aliphatic rings. The van der Waals surface area contributed by atoms with Gasteiger partial charge in [0, 0.05) is 71.9 Å². The molecule has 28 heteroatoms. The van der Waals surface area contributed by atoms with Crippen LogP contribution in [0.5, 0.6) is 0 Å². The van der Waals surface area contributed by atoms with E-state index in [0.717, 1.165) is 45.9 Å². The molecular formula is C63H81ClN11O14S2+. The lowest BCUT2D eigenvalue weighted by Crippen LogP contribution is -2.58. The Bertz CT molecular complexity index is 3720. The van der Waals surface area contributed by atoms with E-state index in [4.69, 9.17) is 22.7 Å². The number of benzene rings is 3. The molecule has 0 bridgehead atoms. The predicted molar refractivity (Wildman–Crippen MR) is 342 cm³/mol. The number of fused-ring (bicyclic) bond motifs is 2. The number of nitrogens with zero attached hydrogens (tertiary/aromatic N) is 1. The van der Waals surface area contributed by atoms with Crippen molar-refractivity contribution in [3.05, 3.63) is 130 Å². The second-order valence-electron chi connectivity index (χ2n) is 24.0. The molecule has 0 radical (unpaired) electrons. The lowest BCUT2D eigenvalue weighted by atomic mass is 9.81. The van der Waals surface area contributed by atoms with Crippen molar-refractivity contribution in [2.75, 3.05) is 31.5 Å². The zero-order valence-corrected chi connectivity index (χ0v) is 53.6. The maximum Gasteiger partial charge on any atom is 0.305 e. The molecule has 91 heavy (non-hydrogen) atoms. The topological polar surface area (TPSA) is 398 Å². The molecule has 490 valence electrons. The number of hydrogen-bond acceptors (Lipinski definition) is 13. The summed E-state index contributed by atoms with van der Waals surface area (Å²) in [4.78, 5) is 93.1. The van der Waals surface area contributed by atoms with Gasteiger partial charge in [0.05, 0.1) is 28.2 Å². The Hall–Kier alpha value is -8.24. The van der Waals surface area contributed by atoms with Gasteiger partial charge in [-0.15, -0.1) is 0 Å². The quantitative estimate of drug-likeness (QED) is 0.0186. The summed E-state index contributed by atoms with van der Waals surface area (Å²) in [6, 6.07) is 12.1. The second kappa shape index (κ2) is 30.7. The number of carboxylic acids is 1. The molecule has 3 aromatic rings. The van der Waals surface area contributed by atoms with Gasteiger partial charge in [-0.05, 0) is 137 Å². The van der Waals surface area contributed by atoms with Crippen LogP contribution in [-0.2, 0) is 71.0 Å². The Labute approximate surface area is 534 Å². The Morgan fingerprint density at radius 1 is 0.714 bits per heavy atom. The first kappa shape index (κ1) is 70.2. The number of allylic oxidation sites excluding steroid dienone is 8. The summed E-state index contributed by atoms with van der Waals surface area (Å²) in [5.74, 6) is -6.19. The maximum absolute atomic E-state index is 14.2. The van der Waals surface area contributed by atoms with E-state index in [1.165, 1.54) is 24.3 Å². The molecule has 1 saturated heterocycles. The molecule has 1 unspecified atom stereocenters. The van der Waals surface area contributed by atoms with Gasteiger partial charge in [0.15, 0.2) is 11.7 Å². The van der Waals surface area contributed by atoms with Crippen molar-refractivity contribution in [1.82, 2.24) is 37.2 Å². The number of nitrogens with one attached hydrogen (secondary N) is 9. The van der Waals surface area contributed by atoms with E-state index in [-0.39, 0.29) is 73.3 Å². The first-order valence-electron chi connectivity index (χ1n) is 30.2. The highest BCUT2D eigenvalue weighted by molar-refractivity contribution is 7.86. The summed E-state index contributed by atoms with van der Waals surface area (Å²) in [5.41, 5.74) is 11.1. The van der Waals surface area contributed by atoms with Crippen molar-refractivity contribution in [2.45, 2.75) is 162 Å². The third-order valence-corrected chi connectivity index (χ3v) is 18.7. The van der Waals surface area contributed by atoms with Crippen molar-refractivity contribution in [3.8, 4) is 0 Å². The fraction of sp³-hybridized carbons (Fsp3) is 0.444. The highest BCUT2D eigenvalue weighted by Gasteiger charge is 2.45. The Kier molecular flexibility index (Phi) is 23.7. The van der Waals surface area contributed by atoms with Gasteiger partial charge < -0.3 is 53.4 Å². The molecule has 14 N–H and O–H groups in total. The van der Waals surface area contributed by atoms with Crippen molar-refractivity contribution >= 4 is 96.3 Å². The van der Waals surface area contributed by atoms with Crippen LogP contribution in [-0.4, -0.2) is 139 Å². The molecule has 4 atom stereocenters. The van der Waals surface area contributed by atoms with E-state index in [1.807, 2.05) is 52.0 Å². The molecule has 3 heterocycles. The number of hydrogen-bond donors (Lipinski definition) is 13. The van der Waals surface area contributed by atoms with E-state index in [1.54, 1.807) is 42.5 Å². The van der Waals surface area contributed by atoms with Crippen LogP contribution in [0.25, 0.3) is 0 Å². The number of amides is 6. The normalized spacial score (nSPS) is 21.4. The van der Waals surface area contributed by atoms with Gasteiger partial charge in [-0.1, -0.05) is 67.9 Å². The Morgan fingerprint density at radius 3 is 2.02 bits per heavy atom. The predicted octanol–water partition coefficient (Wildman–Crippen LogP) is 4.90. The van der Waals surface area contributed by atoms with Crippen LogP contribution in [0.4, 0.5) is 11.4 Å². The zero-order valence-electron chi connectivity index (χ0n) is 51.2. The second-order valence-corrected chi connectivity index (χ2v) is 27.2. The number of rotatable bonds is 24. The van der Waals surface area contributed by atoms with Gasteiger partial charge in [-0.2, -0.15) is 21.4 Å². The molecule has 1 fully saturated rings. The molecule has 7 rings (SSSR count). The number of guanidine groups is 1. The molecule has 0 aromatic heterocycles. The van der Waals surface area contributed by atoms with E-state index < -0.39 is 104 Å². The van der Waals surface area contributed by atoms with Gasteiger partial charge in [-0.3, -0.25) is 48.1 Å². The van der Waals surface area contributed by atoms with Crippen molar-refractivity contribution in [1.29, 1.82) is 5.41 Å². The van der Waals surface area contributed by atoms with Crippen LogP contribution < -0.4 is 48.3 Å². The molecule has 0 spiro atoms. The van der Waals surface area contributed by atoms with E-state index in [2.05, 4.69) is 47.1 Å². The van der Waals surface area contributed by atoms with Gasteiger partial charge >= 0.3 is 5.97 Å². The molecule has 3 aliphatic heterocycles. The largest absolute Gasteiger partial charge is 0.481 e. The number of carboxylic acid groups (broad SMARTS) is 1. The lowest BCUT2D eigenvalue weighted by Gasteiger charge is -2.26. The average Bonchev–Trinajstić information content (AvgIpc) is 1.63. The van der Waals surface area contributed by atoms with E-state index in [0.29, 0.717) is 61.2 Å². The van der Waals surface area contributed by atoms with Crippen molar-refractivity contribution < 1.29 is 69.2 Å². The van der Waals surface area contributed by atoms with Crippen LogP contribution in [0.3, 0.4) is 0 Å². The van der Waals surface area contributed by atoms with Gasteiger partial charge in [0.25, 0.3) is 20.2 Å². The van der Waals surface area contributed by atoms with Crippen LogP contribution in [0.15, 0.2) is 123 Å².